The van der Waals surface area contributed by atoms with Gasteiger partial charge in [0.15, 0.2) is 0 Å². The van der Waals surface area contributed by atoms with Crippen molar-refractivity contribution in [3.63, 3.8) is 0 Å². The Morgan fingerprint density at radius 1 is 0.303 bits per heavy atom. The minimum atomic E-state index is -0.451. The molecular weight excluding hydrogens is 1210 g/mol. The largest absolute Gasteiger partial charge is 0.466 e. The van der Waals surface area contributed by atoms with E-state index in [2.05, 4.69) is 104 Å². The van der Waals surface area contributed by atoms with E-state index in [1.807, 2.05) is 47.0 Å². The van der Waals surface area contributed by atoms with Crippen LogP contribution in [0.4, 0.5) is 0 Å². The molecule has 0 saturated carbocycles. The first-order valence-electron chi connectivity index (χ1n) is 34.4. The first-order valence-corrected chi connectivity index (χ1v) is 39.0. The number of nitrogens with one attached hydrogen (secondary N) is 4. The quantitative estimate of drug-likeness (QED) is 0.0247. The van der Waals surface area contributed by atoms with Crippen LogP contribution in [-0.2, 0) is 57.0 Å². The second kappa shape index (κ2) is 76.8. The highest BCUT2D eigenvalue weighted by atomic mass is 32.2. The Morgan fingerprint density at radius 2 is 0.629 bits per heavy atom. The molecule has 0 aliphatic heterocycles. The van der Waals surface area contributed by atoms with Crippen molar-refractivity contribution in [1.82, 2.24) is 21.3 Å². The number of carbonyl (C=O) groups excluding carboxylic acids is 2. The van der Waals surface area contributed by atoms with Crippen LogP contribution in [0.2, 0.25) is 0 Å². The predicted molar refractivity (Wildman–Crippen MR) is 381 cm³/mol. The highest BCUT2D eigenvalue weighted by molar-refractivity contribution is 7.99. The van der Waals surface area contributed by atoms with Gasteiger partial charge in [-0.05, 0) is 116 Å². The van der Waals surface area contributed by atoms with Gasteiger partial charge in [-0.15, -0.1) is 0 Å². The van der Waals surface area contributed by atoms with Gasteiger partial charge in [-0.25, -0.2) is 0 Å². The molecule has 0 spiro atoms. The van der Waals surface area contributed by atoms with E-state index < -0.39 is 12.2 Å². The van der Waals surface area contributed by atoms with Gasteiger partial charge >= 0.3 is 11.9 Å². The van der Waals surface area contributed by atoms with Crippen LogP contribution in [0.1, 0.15) is 154 Å². The van der Waals surface area contributed by atoms with Crippen LogP contribution < -0.4 is 21.3 Å². The molecule has 2 unspecified atom stereocenters. The van der Waals surface area contributed by atoms with E-state index in [4.69, 9.17) is 47.4 Å². The van der Waals surface area contributed by atoms with Crippen molar-refractivity contribution in [2.45, 2.75) is 166 Å². The van der Waals surface area contributed by atoms with Gasteiger partial charge in [-0.2, -0.15) is 47.0 Å². The van der Waals surface area contributed by atoms with Gasteiger partial charge in [0.2, 0.25) is 0 Å². The summed E-state index contributed by atoms with van der Waals surface area (Å²) in [6.45, 7) is 44.5. The molecule has 0 aromatic rings. The van der Waals surface area contributed by atoms with Crippen molar-refractivity contribution in [3.05, 3.63) is 0 Å². The molecule has 0 saturated heterocycles. The highest BCUT2D eigenvalue weighted by Gasteiger charge is 2.08. The summed E-state index contributed by atoms with van der Waals surface area (Å²) in [5.41, 5.74) is 0. The number of esters is 2. The smallest absolute Gasteiger partial charge is 0.305 e. The van der Waals surface area contributed by atoms with Crippen LogP contribution >= 0.6 is 47.0 Å². The number of hydrogen-bond acceptors (Lipinski definition) is 22. The standard InChI is InChI=1S/C27H52O6S2.C20H46N4O4.C20H42O4S2/c1-24(2)10-9-14-32-26(28)11-5-7-20-34-22-18-30-16-17-31-19-23-35-21-8-6-12-27(29)33-15-13-25(3)4;1-17(2)13-27-15-19(25)11-23-9-7-21-5-6-22-8-10-24-12-20(26)16-28-14-18(3)4;1-19(2)17-23-7-5-13-25-15-11-21-9-10-22-12-16-26-14-6-8-24-18-20(3)4/h24-25H,5-23H2,1-4H3;17-26H,5-16H2,1-4H3;19-20H,5-18H2,1-4H3. The molecule has 18 nitrogen and oxygen atoms in total. The molecule has 0 aromatic heterocycles. The van der Waals surface area contributed by atoms with E-state index in [-0.39, 0.29) is 11.9 Å². The molecule has 0 amide bonds. The predicted octanol–water partition coefficient (Wildman–Crippen LogP) is 10.4. The molecule has 536 valence electrons. The Labute approximate surface area is 563 Å². The Balaban J connectivity index is -0.00000126. The van der Waals surface area contributed by atoms with Gasteiger partial charge < -0.3 is 78.8 Å². The summed E-state index contributed by atoms with van der Waals surface area (Å²) in [4.78, 5) is 23.2. The Kier molecular flexibility index (Phi) is 80.2. The summed E-state index contributed by atoms with van der Waals surface area (Å²) in [7, 11) is 0. The average Bonchev–Trinajstić information content (AvgIpc) is 3.48. The summed E-state index contributed by atoms with van der Waals surface area (Å²) in [5, 5.41) is 32.6. The van der Waals surface area contributed by atoms with Crippen molar-refractivity contribution in [1.29, 1.82) is 0 Å². The first-order chi connectivity index (χ1) is 43.0. The fourth-order valence-corrected chi connectivity index (χ4v) is 10.4. The Morgan fingerprint density at radius 3 is 0.978 bits per heavy atom. The van der Waals surface area contributed by atoms with Crippen molar-refractivity contribution in [3.8, 4) is 0 Å². The number of carbonyl (C=O) groups is 2. The van der Waals surface area contributed by atoms with Gasteiger partial charge in [0.05, 0.1) is 91.5 Å². The zero-order chi connectivity index (χ0) is 66.3. The molecule has 2 atom stereocenters. The fourth-order valence-electron chi connectivity index (χ4n) is 7.18. The van der Waals surface area contributed by atoms with Crippen LogP contribution in [0, 0.1) is 35.5 Å². The normalized spacial score (nSPS) is 12.4. The van der Waals surface area contributed by atoms with E-state index in [1.54, 1.807) is 0 Å². The SMILES string of the molecule is CC(C)CCCOC(=O)CCCCSCCOCCOCCSCCCCC(=O)OCCC(C)C.CC(C)COCC(O)CNCCNCCNCCNCC(O)COCC(C)C.CC(C)COCCCSCCOCCOCCSCCCOCC(C)C. The summed E-state index contributed by atoms with van der Waals surface area (Å²) in [6.07, 6.45) is 9.28. The lowest BCUT2D eigenvalue weighted by atomic mass is 10.1. The van der Waals surface area contributed by atoms with Crippen LogP contribution in [0.5, 0.6) is 0 Å². The van der Waals surface area contributed by atoms with E-state index >= 15 is 0 Å². The Hall–Kier alpha value is -0.220. The summed E-state index contributed by atoms with van der Waals surface area (Å²) >= 11 is 7.61. The number of rotatable bonds is 68. The molecule has 89 heavy (non-hydrogen) atoms. The molecule has 0 aromatic carbocycles. The third kappa shape index (κ3) is 92.0. The molecule has 0 aliphatic rings. The van der Waals surface area contributed by atoms with Crippen molar-refractivity contribution < 1.29 is 67.2 Å². The van der Waals surface area contributed by atoms with Crippen LogP contribution in [0.3, 0.4) is 0 Å². The lowest BCUT2D eigenvalue weighted by Gasteiger charge is -2.14. The van der Waals surface area contributed by atoms with Gasteiger partial charge in [-0.1, -0.05) is 83.1 Å². The van der Waals surface area contributed by atoms with E-state index in [0.717, 1.165) is 196 Å². The van der Waals surface area contributed by atoms with Crippen molar-refractivity contribution in [2.24, 2.45) is 35.5 Å². The zero-order valence-electron chi connectivity index (χ0n) is 58.9. The minimum Gasteiger partial charge on any atom is -0.466 e. The second-order valence-corrected chi connectivity index (χ2v) is 29.6. The maximum atomic E-state index is 11.6. The minimum absolute atomic E-state index is 0.0602. The van der Waals surface area contributed by atoms with Gasteiger partial charge in [-0.3, -0.25) is 9.59 Å². The highest BCUT2D eigenvalue weighted by Crippen LogP contribution is 2.11. The zero-order valence-corrected chi connectivity index (χ0v) is 62.1. The molecule has 0 fully saturated rings. The second-order valence-electron chi connectivity index (χ2n) is 24.7. The van der Waals surface area contributed by atoms with Crippen molar-refractivity contribution in [2.75, 3.05) is 217 Å². The number of unbranched alkanes of at least 4 members (excludes halogenated alkanes) is 2. The van der Waals surface area contributed by atoms with E-state index in [0.29, 0.717) is 128 Å². The fraction of sp³-hybridized carbons (Fsp3) is 0.970. The maximum absolute atomic E-state index is 11.6. The molecule has 0 aliphatic carbocycles. The first kappa shape index (κ1) is 93.0. The summed E-state index contributed by atoms with van der Waals surface area (Å²) in [6, 6.07) is 0. The molecule has 0 radical (unpaired) electrons. The van der Waals surface area contributed by atoms with Crippen molar-refractivity contribution >= 4 is 59.0 Å². The molecular formula is C67H140N4O14S4. The molecule has 22 heteroatoms. The van der Waals surface area contributed by atoms with Gasteiger partial charge in [0.1, 0.15) is 0 Å². The number of aliphatic hydroxyl groups is 2. The third-order valence-electron chi connectivity index (χ3n) is 12.0. The van der Waals surface area contributed by atoms with E-state index in [9.17, 15) is 19.8 Å². The monoisotopic (exact) mass is 1350 g/mol. The topological polar surface area (TPSA) is 215 Å². The van der Waals surface area contributed by atoms with Gasteiger partial charge in [0.25, 0.3) is 0 Å². The third-order valence-corrected chi connectivity index (χ3v) is 16.1. The lowest BCUT2D eigenvalue weighted by Crippen LogP contribution is -2.38. The maximum Gasteiger partial charge on any atom is 0.305 e. The number of ether oxygens (including phenoxy) is 10. The Bertz CT molecular complexity index is 1340. The van der Waals surface area contributed by atoms with Crippen LogP contribution in [0.15, 0.2) is 0 Å². The number of aliphatic hydroxyl groups excluding tert-OH is 2. The van der Waals surface area contributed by atoms with Gasteiger partial charge in [0, 0.05) is 128 Å². The van der Waals surface area contributed by atoms with Crippen LogP contribution in [-0.4, -0.2) is 252 Å². The molecule has 0 bridgehead atoms. The lowest BCUT2D eigenvalue weighted by molar-refractivity contribution is -0.144. The number of thioether (sulfide) groups is 4. The van der Waals surface area contributed by atoms with E-state index in [1.165, 1.54) is 0 Å². The number of hydrogen-bond donors (Lipinski definition) is 6. The van der Waals surface area contributed by atoms with Crippen LogP contribution in [0.25, 0.3) is 0 Å². The average molecular weight is 1350 g/mol. The summed E-state index contributed by atoms with van der Waals surface area (Å²) in [5.74, 6) is 11.8. The molecule has 0 rings (SSSR count). The molecule has 0 heterocycles. The molecule has 6 N–H and O–H groups in total. The summed E-state index contributed by atoms with van der Waals surface area (Å²) < 4.78 is 54.8.